The van der Waals surface area contributed by atoms with Crippen molar-refractivity contribution < 1.29 is 4.79 Å². The number of halogens is 1. The summed E-state index contributed by atoms with van der Waals surface area (Å²) in [6.07, 6.45) is 1.85. The molecule has 22 heavy (non-hydrogen) atoms. The molecule has 3 rings (SSSR count). The first-order valence-electron chi connectivity index (χ1n) is 6.72. The number of nitrogens with zero attached hydrogens (tertiary/aromatic N) is 1. The zero-order valence-electron chi connectivity index (χ0n) is 11.8. The lowest BCUT2D eigenvalue weighted by atomic mass is 10.1. The van der Waals surface area contributed by atoms with Gasteiger partial charge in [-0.25, -0.2) is 4.98 Å². The quantitative estimate of drug-likeness (QED) is 0.774. The van der Waals surface area contributed by atoms with Crippen LogP contribution in [0.1, 0.15) is 20.9 Å². The summed E-state index contributed by atoms with van der Waals surface area (Å²) in [6.45, 7) is 0. The topological polar surface area (TPSA) is 42.0 Å². The number of thiazole rings is 1. The molecule has 0 spiro atoms. The largest absolute Gasteiger partial charge is 0.355 e. The van der Waals surface area contributed by atoms with Crippen molar-refractivity contribution in [3.63, 3.8) is 0 Å². The molecular weight excluding hydrogens is 316 g/mol. The highest BCUT2D eigenvalue weighted by atomic mass is 35.5. The van der Waals surface area contributed by atoms with Gasteiger partial charge in [-0.2, -0.15) is 0 Å². The molecule has 1 aromatic heterocycles. The van der Waals surface area contributed by atoms with E-state index in [2.05, 4.69) is 10.3 Å². The highest BCUT2D eigenvalue weighted by Gasteiger charge is 2.07. The summed E-state index contributed by atoms with van der Waals surface area (Å²) in [6, 6.07) is 15.2. The molecule has 2 aromatic carbocycles. The van der Waals surface area contributed by atoms with Crippen molar-refractivity contribution in [2.24, 2.45) is 0 Å². The van der Waals surface area contributed by atoms with Crippen molar-refractivity contribution in [2.45, 2.75) is 0 Å². The standard InChI is InChI=1S/C17H13ClN2OS/c1-19-16(21)12-8-6-11(7-9-12)10-13(18)17-20-14-4-2-3-5-15(14)22-17/h2-10H,1H3,(H,19,21)/b13-10-. The predicted octanol–water partition coefficient (Wildman–Crippen LogP) is 4.39. The third-order valence-corrected chi connectivity index (χ3v) is 4.66. The van der Waals surface area contributed by atoms with Crippen LogP contribution in [0.5, 0.6) is 0 Å². The fourth-order valence-electron chi connectivity index (χ4n) is 2.06. The number of amides is 1. The fraction of sp³-hybridized carbons (Fsp3) is 0.0588. The van der Waals surface area contributed by atoms with Crippen LogP contribution in [0.25, 0.3) is 21.3 Å². The molecule has 0 atom stereocenters. The Labute approximate surface area is 137 Å². The monoisotopic (exact) mass is 328 g/mol. The van der Waals surface area contributed by atoms with Gasteiger partial charge in [0.2, 0.25) is 0 Å². The fourth-order valence-corrected chi connectivity index (χ4v) is 3.22. The molecule has 0 radical (unpaired) electrons. The first-order valence-corrected chi connectivity index (χ1v) is 7.92. The number of para-hydroxylation sites is 1. The Hall–Kier alpha value is -2.17. The molecule has 0 aliphatic rings. The van der Waals surface area contributed by atoms with E-state index in [0.29, 0.717) is 10.6 Å². The molecule has 0 aliphatic carbocycles. The van der Waals surface area contributed by atoms with Crippen molar-refractivity contribution in [2.75, 3.05) is 7.05 Å². The molecular formula is C17H13ClN2OS. The summed E-state index contributed by atoms with van der Waals surface area (Å²) in [7, 11) is 1.61. The van der Waals surface area contributed by atoms with Crippen LogP contribution >= 0.6 is 22.9 Å². The van der Waals surface area contributed by atoms with Crippen LogP contribution in [0.3, 0.4) is 0 Å². The number of benzene rings is 2. The highest BCUT2D eigenvalue weighted by molar-refractivity contribution is 7.20. The highest BCUT2D eigenvalue weighted by Crippen LogP contribution is 2.30. The van der Waals surface area contributed by atoms with Gasteiger partial charge >= 0.3 is 0 Å². The first kappa shape index (κ1) is 14.8. The normalized spacial score (nSPS) is 11.6. The lowest BCUT2D eigenvalue weighted by Gasteiger charge is -2.00. The van der Waals surface area contributed by atoms with Gasteiger partial charge in [-0.1, -0.05) is 35.9 Å². The molecule has 0 fully saturated rings. The van der Waals surface area contributed by atoms with Gasteiger partial charge in [0, 0.05) is 12.6 Å². The summed E-state index contributed by atoms with van der Waals surface area (Å²) in [5.41, 5.74) is 2.50. The average molecular weight is 329 g/mol. The molecule has 1 amide bonds. The Morgan fingerprint density at radius 3 is 2.59 bits per heavy atom. The third kappa shape index (κ3) is 3.03. The van der Waals surface area contributed by atoms with E-state index in [1.807, 2.05) is 42.5 Å². The minimum Gasteiger partial charge on any atom is -0.355 e. The number of carbonyl (C=O) groups excluding carboxylic acids is 1. The Kier molecular flexibility index (Phi) is 4.22. The molecule has 1 heterocycles. The van der Waals surface area contributed by atoms with Crippen molar-refractivity contribution >= 4 is 50.2 Å². The van der Waals surface area contributed by atoms with Crippen LogP contribution < -0.4 is 5.32 Å². The Morgan fingerprint density at radius 1 is 1.18 bits per heavy atom. The SMILES string of the molecule is CNC(=O)c1ccc(/C=C(\Cl)c2nc3ccccc3s2)cc1. The van der Waals surface area contributed by atoms with E-state index in [1.165, 1.54) is 0 Å². The van der Waals surface area contributed by atoms with E-state index in [1.54, 1.807) is 30.5 Å². The molecule has 0 bridgehead atoms. The molecule has 5 heteroatoms. The second kappa shape index (κ2) is 6.30. The molecule has 1 N–H and O–H groups in total. The Bertz CT molecular complexity index is 819. The molecule has 110 valence electrons. The molecule has 3 nitrogen and oxygen atoms in total. The van der Waals surface area contributed by atoms with E-state index >= 15 is 0 Å². The van der Waals surface area contributed by atoms with E-state index < -0.39 is 0 Å². The molecule has 0 aliphatic heterocycles. The average Bonchev–Trinajstić information content (AvgIpc) is 2.99. The van der Waals surface area contributed by atoms with E-state index in [9.17, 15) is 4.79 Å². The lowest BCUT2D eigenvalue weighted by Crippen LogP contribution is -2.17. The van der Waals surface area contributed by atoms with E-state index in [0.717, 1.165) is 20.8 Å². The van der Waals surface area contributed by atoms with Crippen molar-refractivity contribution in [1.29, 1.82) is 0 Å². The number of aromatic nitrogens is 1. The van der Waals surface area contributed by atoms with Gasteiger partial charge in [0.1, 0.15) is 5.01 Å². The maximum atomic E-state index is 11.5. The molecule has 3 aromatic rings. The van der Waals surface area contributed by atoms with Gasteiger partial charge in [0.25, 0.3) is 5.91 Å². The molecule has 0 saturated heterocycles. The first-order chi connectivity index (χ1) is 10.7. The van der Waals surface area contributed by atoms with Crippen molar-refractivity contribution in [3.8, 4) is 0 Å². The number of carbonyl (C=O) groups is 1. The summed E-state index contributed by atoms with van der Waals surface area (Å²) >= 11 is 7.93. The zero-order valence-corrected chi connectivity index (χ0v) is 13.4. The maximum Gasteiger partial charge on any atom is 0.251 e. The van der Waals surface area contributed by atoms with Crippen molar-refractivity contribution in [3.05, 3.63) is 64.7 Å². The maximum absolute atomic E-state index is 11.5. The predicted molar refractivity (Wildman–Crippen MR) is 93.2 cm³/mol. The Morgan fingerprint density at radius 2 is 1.91 bits per heavy atom. The summed E-state index contributed by atoms with van der Waals surface area (Å²) < 4.78 is 1.11. The lowest BCUT2D eigenvalue weighted by molar-refractivity contribution is 0.0963. The Balaban J connectivity index is 1.88. The van der Waals surface area contributed by atoms with Gasteiger partial charge < -0.3 is 5.32 Å². The number of hydrogen-bond acceptors (Lipinski definition) is 3. The van der Waals surface area contributed by atoms with E-state index in [-0.39, 0.29) is 5.91 Å². The van der Waals surface area contributed by atoms with Crippen LogP contribution in [-0.2, 0) is 0 Å². The minimum absolute atomic E-state index is 0.104. The number of hydrogen-bond donors (Lipinski definition) is 1. The smallest absolute Gasteiger partial charge is 0.251 e. The molecule has 0 saturated carbocycles. The number of nitrogens with one attached hydrogen (secondary N) is 1. The van der Waals surface area contributed by atoms with Gasteiger partial charge in [-0.15, -0.1) is 11.3 Å². The minimum atomic E-state index is -0.104. The second-order valence-corrected chi connectivity index (χ2v) is 6.12. The summed E-state index contributed by atoms with van der Waals surface area (Å²) in [4.78, 5) is 16.0. The van der Waals surface area contributed by atoms with Gasteiger partial charge in [-0.05, 0) is 35.9 Å². The number of fused-ring (bicyclic) bond motifs is 1. The van der Waals surface area contributed by atoms with Crippen LogP contribution in [0, 0.1) is 0 Å². The third-order valence-electron chi connectivity index (χ3n) is 3.19. The van der Waals surface area contributed by atoms with Crippen LogP contribution in [0.15, 0.2) is 48.5 Å². The van der Waals surface area contributed by atoms with Crippen molar-refractivity contribution in [1.82, 2.24) is 10.3 Å². The van der Waals surface area contributed by atoms with Crippen LogP contribution in [0.2, 0.25) is 0 Å². The summed E-state index contributed by atoms with van der Waals surface area (Å²) in [5, 5.41) is 3.98. The van der Waals surface area contributed by atoms with Gasteiger partial charge in [-0.3, -0.25) is 4.79 Å². The van der Waals surface area contributed by atoms with Crippen LogP contribution in [0.4, 0.5) is 0 Å². The van der Waals surface area contributed by atoms with Gasteiger partial charge in [0.05, 0.1) is 15.2 Å². The second-order valence-electron chi connectivity index (χ2n) is 4.68. The summed E-state index contributed by atoms with van der Waals surface area (Å²) in [5.74, 6) is -0.104. The van der Waals surface area contributed by atoms with E-state index in [4.69, 9.17) is 11.6 Å². The van der Waals surface area contributed by atoms with Gasteiger partial charge in [0.15, 0.2) is 0 Å². The number of rotatable bonds is 3. The van der Waals surface area contributed by atoms with Crippen LogP contribution in [-0.4, -0.2) is 17.9 Å². The zero-order chi connectivity index (χ0) is 15.5. The molecule has 0 unspecified atom stereocenters.